The van der Waals surface area contributed by atoms with Crippen LogP contribution in [-0.4, -0.2) is 39.6 Å². The smallest absolute Gasteiger partial charge is 0.327 e. The van der Waals surface area contributed by atoms with Crippen LogP contribution < -0.4 is 0 Å². The van der Waals surface area contributed by atoms with Crippen LogP contribution >= 0.6 is 11.8 Å². The van der Waals surface area contributed by atoms with Gasteiger partial charge in [0.1, 0.15) is 6.04 Å². The van der Waals surface area contributed by atoms with Crippen molar-refractivity contribution in [2.45, 2.75) is 19.9 Å². The zero-order valence-corrected chi connectivity index (χ0v) is 11.2. The zero-order valence-electron chi connectivity index (χ0n) is 10.3. The first-order valence-electron chi connectivity index (χ1n) is 5.70. The molecule has 1 amide bonds. The second kappa shape index (κ2) is 5.02. The molecule has 1 saturated heterocycles. The monoisotopic (exact) mass is 265 g/mol. The number of hydrogen-bond donors (Lipinski definition) is 1. The van der Waals surface area contributed by atoms with Crippen molar-refractivity contribution >= 4 is 23.6 Å². The van der Waals surface area contributed by atoms with Gasteiger partial charge in [-0.15, -0.1) is 11.8 Å². The number of thioether (sulfide) groups is 1. The first-order chi connectivity index (χ1) is 8.52. The molecule has 0 saturated carbocycles. The predicted molar refractivity (Wildman–Crippen MR) is 70.8 cm³/mol. The summed E-state index contributed by atoms with van der Waals surface area (Å²) >= 11 is 1.48. The largest absolute Gasteiger partial charge is 0.480 e. The minimum atomic E-state index is -0.932. The van der Waals surface area contributed by atoms with Gasteiger partial charge in [0.25, 0.3) is 5.91 Å². The van der Waals surface area contributed by atoms with Crippen LogP contribution in [0.1, 0.15) is 21.5 Å². The number of nitrogens with zero attached hydrogens (tertiary/aromatic N) is 1. The van der Waals surface area contributed by atoms with Gasteiger partial charge in [0, 0.05) is 11.3 Å². The van der Waals surface area contributed by atoms with E-state index in [1.165, 1.54) is 16.7 Å². The molecule has 0 bridgehead atoms. The summed E-state index contributed by atoms with van der Waals surface area (Å²) in [6, 6.07) is 4.82. The zero-order chi connectivity index (χ0) is 13.3. The molecule has 0 spiro atoms. The molecular formula is C13H15NO3S. The molecular weight excluding hydrogens is 250 g/mol. The number of carbonyl (C=O) groups is 2. The summed E-state index contributed by atoms with van der Waals surface area (Å²) in [7, 11) is 0. The van der Waals surface area contributed by atoms with E-state index in [2.05, 4.69) is 0 Å². The van der Waals surface area contributed by atoms with Crippen molar-refractivity contribution in [3.8, 4) is 0 Å². The van der Waals surface area contributed by atoms with Crippen LogP contribution in [0.3, 0.4) is 0 Å². The Kier molecular flexibility index (Phi) is 3.61. The summed E-state index contributed by atoms with van der Waals surface area (Å²) < 4.78 is 0. The van der Waals surface area contributed by atoms with E-state index >= 15 is 0 Å². The lowest BCUT2D eigenvalue weighted by Crippen LogP contribution is -2.42. The molecule has 1 fully saturated rings. The Labute approximate surface area is 110 Å². The highest BCUT2D eigenvalue weighted by Gasteiger charge is 2.35. The summed E-state index contributed by atoms with van der Waals surface area (Å²) in [5.74, 6) is -0.206. The summed E-state index contributed by atoms with van der Waals surface area (Å²) in [6.07, 6.45) is 0. The number of carboxylic acid groups (broad SMARTS) is 1. The van der Waals surface area contributed by atoms with Gasteiger partial charge in [-0.2, -0.15) is 0 Å². The van der Waals surface area contributed by atoms with Crippen LogP contribution in [0, 0.1) is 13.8 Å². The van der Waals surface area contributed by atoms with Crippen LogP contribution in [0.2, 0.25) is 0 Å². The Hall–Kier alpha value is -1.49. The van der Waals surface area contributed by atoms with Crippen molar-refractivity contribution in [2.75, 3.05) is 11.6 Å². The number of hydrogen-bond acceptors (Lipinski definition) is 3. The van der Waals surface area contributed by atoms with E-state index in [9.17, 15) is 9.59 Å². The van der Waals surface area contributed by atoms with E-state index in [-0.39, 0.29) is 5.91 Å². The maximum atomic E-state index is 12.4. The van der Waals surface area contributed by atoms with Crippen LogP contribution in [0.4, 0.5) is 0 Å². The Morgan fingerprint density at radius 3 is 2.78 bits per heavy atom. The molecule has 1 aromatic rings. The summed E-state index contributed by atoms with van der Waals surface area (Å²) in [5.41, 5.74) is 2.56. The van der Waals surface area contributed by atoms with E-state index in [0.29, 0.717) is 17.2 Å². The molecule has 1 N–H and O–H groups in total. The molecule has 4 nitrogen and oxygen atoms in total. The minimum Gasteiger partial charge on any atom is -0.480 e. The van der Waals surface area contributed by atoms with Crippen molar-refractivity contribution in [3.63, 3.8) is 0 Å². The predicted octanol–water partition coefficient (Wildman–Crippen LogP) is 1.90. The van der Waals surface area contributed by atoms with Gasteiger partial charge < -0.3 is 10.0 Å². The SMILES string of the molecule is Cc1cccc(C(=O)N2CSC[C@H]2C(=O)O)c1C. The average molecular weight is 265 g/mol. The normalized spacial score (nSPS) is 19.0. The third kappa shape index (κ3) is 2.22. The molecule has 0 aromatic heterocycles. The Morgan fingerprint density at radius 2 is 2.11 bits per heavy atom. The molecule has 0 radical (unpaired) electrons. The van der Waals surface area contributed by atoms with Crippen LogP contribution in [-0.2, 0) is 4.79 Å². The van der Waals surface area contributed by atoms with Gasteiger partial charge in [-0.05, 0) is 31.0 Å². The number of aliphatic carboxylic acids is 1. The number of carboxylic acids is 1. The number of aryl methyl sites for hydroxylation is 1. The lowest BCUT2D eigenvalue weighted by atomic mass is 10.0. The Balaban J connectivity index is 2.31. The molecule has 1 aromatic carbocycles. The van der Waals surface area contributed by atoms with Crippen molar-refractivity contribution in [3.05, 3.63) is 34.9 Å². The molecule has 0 unspecified atom stereocenters. The van der Waals surface area contributed by atoms with Crippen molar-refractivity contribution in [1.82, 2.24) is 4.90 Å². The van der Waals surface area contributed by atoms with Gasteiger partial charge in [0.2, 0.25) is 0 Å². The summed E-state index contributed by atoms with van der Waals surface area (Å²) in [6.45, 7) is 3.83. The third-order valence-electron chi connectivity index (χ3n) is 3.26. The molecule has 0 aliphatic carbocycles. The van der Waals surface area contributed by atoms with E-state index < -0.39 is 12.0 Å². The first kappa shape index (κ1) is 13.0. The van der Waals surface area contributed by atoms with Gasteiger partial charge in [0.05, 0.1) is 5.88 Å². The number of rotatable bonds is 2. The van der Waals surface area contributed by atoms with Gasteiger partial charge in [-0.25, -0.2) is 4.79 Å². The standard InChI is InChI=1S/C13H15NO3S/c1-8-4-3-5-10(9(8)2)12(15)14-7-18-6-11(14)13(16)17/h3-5,11H,6-7H2,1-2H3,(H,16,17)/t11-/m0/s1. The first-order valence-corrected chi connectivity index (χ1v) is 6.85. The molecule has 5 heteroatoms. The topological polar surface area (TPSA) is 57.6 Å². The molecule has 1 aliphatic rings. The van der Waals surface area contributed by atoms with E-state index in [1.807, 2.05) is 26.0 Å². The maximum Gasteiger partial charge on any atom is 0.327 e. The third-order valence-corrected chi connectivity index (χ3v) is 4.28. The lowest BCUT2D eigenvalue weighted by molar-refractivity contribution is -0.140. The van der Waals surface area contributed by atoms with Crippen LogP contribution in [0.25, 0.3) is 0 Å². The highest BCUT2D eigenvalue weighted by molar-refractivity contribution is 7.99. The Morgan fingerprint density at radius 1 is 1.39 bits per heavy atom. The van der Waals surface area contributed by atoms with Gasteiger partial charge >= 0.3 is 5.97 Å². The summed E-state index contributed by atoms with van der Waals surface area (Å²) in [5, 5.41) is 9.10. The second-order valence-corrected chi connectivity index (χ2v) is 5.38. The van der Waals surface area contributed by atoms with Gasteiger partial charge in [-0.3, -0.25) is 4.79 Å². The van der Waals surface area contributed by atoms with Crippen molar-refractivity contribution < 1.29 is 14.7 Å². The quantitative estimate of drug-likeness (QED) is 0.887. The fourth-order valence-corrected chi connectivity index (χ4v) is 3.13. The fourth-order valence-electron chi connectivity index (χ4n) is 1.98. The second-order valence-electron chi connectivity index (χ2n) is 4.38. The van der Waals surface area contributed by atoms with Crippen molar-refractivity contribution in [2.24, 2.45) is 0 Å². The number of amides is 1. The molecule has 18 heavy (non-hydrogen) atoms. The number of benzene rings is 1. The lowest BCUT2D eigenvalue weighted by Gasteiger charge is -2.21. The maximum absolute atomic E-state index is 12.4. The van der Waals surface area contributed by atoms with E-state index in [0.717, 1.165) is 11.1 Å². The molecule has 1 atom stereocenters. The molecule has 2 rings (SSSR count). The average Bonchev–Trinajstić information content (AvgIpc) is 2.81. The van der Waals surface area contributed by atoms with Crippen LogP contribution in [0.15, 0.2) is 18.2 Å². The van der Waals surface area contributed by atoms with Gasteiger partial charge in [-0.1, -0.05) is 12.1 Å². The molecule has 1 aliphatic heterocycles. The van der Waals surface area contributed by atoms with E-state index in [1.54, 1.807) is 6.07 Å². The van der Waals surface area contributed by atoms with Gasteiger partial charge in [0.15, 0.2) is 0 Å². The van der Waals surface area contributed by atoms with Crippen LogP contribution in [0.5, 0.6) is 0 Å². The Bertz CT molecular complexity index is 501. The summed E-state index contributed by atoms with van der Waals surface area (Å²) in [4.78, 5) is 24.9. The van der Waals surface area contributed by atoms with E-state index in [4.69, 9.17) is 5.11 Å². The minimum absolute atomic E-state index is 0.186. The highest BCUT2D eigenvalue weighted by Crippen LogP contribution is 2.25. The highest BCUT2D eigenvalue weighted by atomic mass is 32.2. The molecule has 96 valence electrons. The van der Waals surface area contributed by atoms with Crippen molar-refractivity contribution in [1.29, 1.82) is 0 Å². The number of carbonyl (C=O) groups excluding carboxylic acids is 1. The molecule has 1 heterocycles. The fraction of sp³-hybridized carbons (Fsp3) is 0.385.